The van der Waals surface area contributed by atoms with E-state index in [1.165, 1.54) is 0 Å². The lowest BCUT2D eigenvalue weighted by atomic mass is 10.3. The number of nitrogens with zero attached hydrogens (tertiary/aromatic N) is 1. The van der Waals surface area contributed by atoms with Crippen molar-refractivity contribution >= 4 is 34.8 Å². The molecule has 0 unspecified atom stereocenters. The highest BCUT2D eigenvalue weighted by Gasteiger charge is 2.11. The first-order valence-electron chi connectivity index (χ1n) is 6.09. The van der Waals surface area contributed by atoms with Gasteiger partial charge in [0.1, 0.15) is 0 Å². The van der Waals surface area contributed by atoms with Crippen LogP contribution in [0.2, 0.25) is 0 Å². The smallest absolute Gasteiger partial charge is 0.288 e. The first kappa shape index (κ1) is 15.4. The van der Waals surface area contributed by atoms with E-state index in [2.05, 4.69) is 10.7 Å². The van der Waals surface area contributed by atoms with Gasteiger partial charge in [-0.25, -0.2) is 5.01 Å². The maximum atomic E-state index is 12.2. The Morgan fingerprint density at radius 1 is 1.25 bits per heavy atom. The van der Waals surface area contributed by atoms with Gasteiger partial charge in [0.2, 0.25) is 0 Å². The van der Waals surface area contributed by atoms with Crippen molar-refractivity contribution in [1.29, 1.82) is 0 Å². The number of nitrogens with one attached hydrogen (secondary N) is 2. The van der Waals surface area contributed by atoms with Crippen molar-refractivity contribution in [3.63, 3.8) is 0 Å². The summed E-state index contributed by atoms with van der Waals surface area (Å²) in [6, 6.07) is 6.71. The number of anilines is 1. The van der Waals surface area contributed by atoms with E-state index < -0.39 is 5.76 Å². The van der Waals surface area contributed by atoms with Gasteiger partial charge in [0.25, 0.3) is 5.76 Å². The molecule has 0 saturated carbocycles. The zero-order valence-corrected chi connectivity index (χ0v) is 12.3. The Morgan fingerprint density at radius 2 is 1.90 bits per heavy atom. The van der Waals surface area contributed by atoms with Gasteiger partial charge in [-0.05, 0) is 36.5 Å². The lowest BCUT2D eigenvalue weighted by Crippen LogP contribution is -2.49. The normalized spacial score (nSPS) is 16.1. The standard InChI is InChI=1S/C12H15F2N3OS2/c13-11(14)20-10-3-1-9(2-4-10)15-12(19)16-17-5-7-18-8-6-17/h1-4,11H,5-8H2,(H2,15,16,19). The van der Waals surface area contributed by atoms with Gasteiger partial charge in [0, 0.05) is 23.7 Å². The molecule has 8 heteroatoms. The predicted molar refractivity (Wildman–Crippen MR) is 80.1 cm³/mol. The summed E-state index contributed by atoms with van der Waals surface area (Å²) in [5, 5.41) is 5.46. The van der Waals surface area contributed by atoms with Crippen LogP contribution in [0.5, 0.6) is 0 Å². The zero-order chi connectivity index (χ0) is 14.4. The molecule has 20 heavy (non-hydrogen) atoms. The largest absolute Gasteiger partial charge is 0.379 e. The highest BCUT2D eigenvalue weighted by Crippen LogP contribution is 2.26. The van der Waals surface area contributed by atoms with Crippen molar-refractivity contribution in [3.05, 3.63) is 24.3 Å². The van der Waals surface area contributed by atoms with E-state index in [0.717, 1.165) is 18.8 Å². The van der Waals surface area contributed by atoms with Crippen LogP contribution in [0.15, 0.2) is 29.2 Å². The van der Waals surface area contributed by atoms with Crippen LogP contribution >= 0.6 is 24.0 Å². The first-order chi connectivity index (χ1) is 9.63. The maximum Gasteiger partial charge on any atom is 0.288 e. The molecule has 0 amide bonds. The minimum Gasteiger partial charge on any atom is -0.379 e. The molecule has 1 aromatic rings. The number of hydrogen-bond acceptors (Lipinski definition) is 4. The molecule has 1 aliphatic rings. The first-order valence-corrected chi connectivity index (χ1v) is 7.37. The number of ether oxygens (including phenoxy) is 1. The summed E-state index contributed by atoms with van der Waals surface area (Å²) in [4.78, 5) is 0.526. The summed E-state index contributed by atoms with van der Waals surface area (Å²) >= 11 is 5.71. The van der Waals surface area contributed by atoms with Crippen molar-refractivity contribution in [3.8, 4) is 0 Å². The molecule has 0 bridgehead atoms. The Hall–Kier alpha value is -0.960. The number of thioether (sulfide) groups is 1. The van der Waals surface area contributed by atoms with Crippen LogP contribution in [-0.4, -0.2) is 42.2 Å². The number of benzene rings is 1. The van der Waals surface area contributed by atoms with Crippen LogP contribution in [0.25, 0.3) is 0 Å². The van der Waals surface area contributed by atoms with Gasteiger partial charge in [-0.15, -0.1) is 0 Å². The number of halogens is 2. The van der Waals surface area contributed by atoms with Crippen molar-refractivity contribution in [2.24, 2.45) is 0 Å². The summed E-state index contributed by atoms with van der Waals surface area (Å²) in [5.74, 6) is -2.40. The second-order valence-electron chi connectivity index (χ2n) is 4.07. The quantitative estimate of drug-likeness (QED) is 0.656. The molecule has 2 rings (SSSR count). The summed E-state index contributed by atoms with van der Waals surface area (Å²) in [7, 11) is 0. The SMILES string of the molecule is FC(F)Sc1ccc(NC(=S)NN2CCOCC2)cc1. The average Bonchev–Trinajstić information content (AvgIpc) is 2.41. The molecule has 1 fully saturated rings. The Balaban J connectivity index is 1.81. The number of alkyl halides is 2. The molecule has 0 radical (unpaired) electrons. The van der Waals surface area contributed by atoms with Gasteiger partial charge in [-0.1, -0.05) is 11.8 Å². The summed E-state index contributed by atoms with van der Waals surface area (Å²) in [6.07, 6.45) is 0. The number of thiocarbonyl (C=S) groups is 1. The van der Waals surface area contributed by atoms with Gasteiger partial charge < -0.3 is 10.1 Å². The molecular formula is C12H15F2N3OS2. The number of hydrogen-bond donors (Lipinski definition) is 2. The third-order valence-electron chi connectivity index (χ3n) is 2.61. The zero-order valence-electron chi connectivity index (χ0n) is 10.6. The minimum absolute atomic E-state index is 0.473. The van der Waals surface area contributed by atoms with Gasteiger partial charge in [0.05, 0.1) is 13.2 Å². The van der Waals surface area contributed by atoms with Gasteiger partial charge in [-0.2, -0.15) is 8.78 Å². The molecule has 110 valence electrons. The second-order valence-corrected chi connectivity index (χ2v) is 5.54. The fraction of sp³-hybridized carbons (Fsp3) is 0.417. The predicted octanol–water partition coefficient (Wildman–Crippen LogP) is 2.53. The monoisotopic (exact) mass is 319 g/mol. The molecule has 0 spiro atoms. The lowest BCUT2D eigenvalue weighted by molar-refractivity contribution is 0.0252. The molecule has 0 aliphatic carbocycles. The van der Waals surface area contributed by atoms with Gasteiger partial charge in [0.15, 0.2) is 5.11 Å². The van der Waals surface area contributed by atoms with Crippen molar-refractivity contribution in [2.45, 2.75) is 10.7 Å². The summed E-state index contributed by atoms with van der Waals surface area (Å²) < 4.78 is 29.6. The van der Waals surface area contributed by atoms with E-state index in [1.54, 1.807) is 24.3 Å². The lowest BCUT2D eigenvalue weighted by Gasteiger charge is -2.28. The van der Waals surface area contributed by atoms with Crippen molar-refractivity contribution in [1.82, 2.24) is 10.4 Å². The van der Waals surface area contributed by atoms with Crippen LogP contribution in [0.4, 0.5) is 14.5 Å². The van der Waals surface area contributed by atoms with E-state index in [-0.39, 0.29) is 0 Å². The average molecular weight is 319 g/mol. The Labute approximate surface area is 125 Å². The van der Waals surface area contributed by atoms with E-state index >= 15 is 0 Å². The van der Waals surface area contributed by atoms with Gasteiger partial charge >= 0.3 is 0 Å². The molecule has 1 heterocycles. The third kappa shape index (κ3) is 5.20. The van der Waals surface area contributed by atoms with Crippen LogP contribution < -0.4 is 10.7 Å². The van der Waals surface area contributed by atoms with Crippen LogP contribution in [-0.2, 0) is 4.74 Å². The van der Waals surface area contributed by atoms with Crippen molar-refractivity contribution in [2.75, 3.05) is 31.6 Å². The van der Waals surface area contributed by atoms with Gasteiger partial charge in [-0.3, -0.25) is 5.43 Å². The highest BCUT2D eigenvalue weighted by molar-refractivity contribution is 7.99. The summed E-state index contributed by atoms with van der Waals surface area (Å²) in [6.45, 7) is 2.89. The Morgan fingerprint density at radius 3 is 2.50 bits per heavy atom. The molecule has 1 saturated heterocycles. The Kier molecular flexibility index (Phi) is 5.96. The van der Waals surface area contributed by atoms with Crippen molar-refractivity contribution < 1.29 is 13.5 Å². The minimum atomic E-state index is -2.40. The van der Waals surface area contributed by atoms with Crippen LogP contribution in [0.3, 0.4) is 0 Å². The third-order valence-corrected chi connectivity index (χ3v) is 3.52. The number of hydrazine groups is 1. The Bertz CT molecular complexity index is 439. The highest BCUT2D eigenvalue weighted by atomic mass is 32.2. The maximum absolute atomic E-state index is 12.2. The van der Waals surface area contributed by atoms with E-state index in [9.17, 15) is 8.78 Å². The fourth-order valence-corrected chi connectivity index (χ4v) is 2.44. The van der Waals surface area contributed by atoms with E-state index in [0.29, 0.717) is 35.0 Å². The molecular weight excluding hydrogens is 304 g/mol. The molecule has 4 nitrogen and oxygen atoms in total. The molecule has 2 N–H and O–H groups in total. The van der Waals surface area contributed by atoms with E-state index in [4.69, 9.17) is 17.0 Å². The van der Waals surface area contributed by atoms with Crippen LogP contribution in [0, 0.1) is 0 Å². The number of morpholine rings is 1. The fourth-order valence-electron chi connectivity index (χ4n) is 1.70. The molecule has 1 aromatic carbocycles. The molecule has 0 atom stereocenters. The molecule has 0 aromatic heterocycles. The summed E-state index contributed by atoms with van der Waals surface area (Å²) in [5.41, 5.74) is 3.82. The number of rotatable bonds is 4. The second kappa shape index (κ2) is 7.72. The van der Waals surface area contributed by atoms with E-state index in [1.807, 2.05) is 5.01 Å². The molecule has 1 aliphatic heterocycles. The van der Waals surface area contributed by atoms with Crippen LogP contribution in [0.1, 0.15) is 0 Å². The topological polar surface area (TPSA) is 36.5 Å².